The van der Waals surface area contributed by atoms with Crippen LogP contribution in [0.15, 0.2) is 60.3 Å². The minimum atomic E-state index is -0.380. The van der Waals surface area contributed by atoms with Gasteiger partial charge in [0.1, 0.15) is 11.5 Å². The number of halogens is 1. The van der Waals surface area contributed by atoms with Crippen LogP contribution in [0.25, 0.3) is 5.57 Å². The van der Waals surface area contributed by atoms with Crippen molar-refractivity contribution in [2.75, 3.05) is 32.8 Å². The van der Waals surface area contributed by atoms with Crippen LogP contribution in [0.5, 0.6) is 0 Å². The standard InChI is InChI=1S/C22H21FN2O3/c23-18-8-6-17(7-9-18)19-20(24-12-14-28-15-13-24)22(27)25(21(19)26)11-10-16-4-2-1-3-5-16/h1-9H,10-15H2. The number of carbonyl (C=O) groups is 2. The van der Waals surface area contributed by atoms with Crippen LogP contribution in [0.3, 0.4) is 0 Å². The Bertz CT molecular complexity index is 903. The molecule has 0 radical (unpaired) electrons. The van der Waals surface area contributed by atoms with Crippen molar-refractivity contribution in [2.45, 2.75) is 6.42 Å². The Hall–Kier alpha value is -2.99. The van der Waals surface area contributed by atoms with Gasteiger partial charge in [-0.05, 0) is 29.7 Å². The van der Waals surface area contributed by atoms with Gasteiger partial charge in [0, 0.05) is 19.6 Å². The molecule has 0 N–H and O–H groups in total. The molecule has 2 heterocycles. The fourth-order valence-corrected chi connectivity index (χ4v) is 3.61. The monoisotopic (exact) mass is 380 g/mol. The second-order valence-corrected chi connectivity index (χ2v) is 6.83. The zero-order valence-corrected chi connectivity index (χ0v) is 15.4. The van der Waals surface area contributed by atoms with Gasteiger partial charge in [0.05, 0.1) is 18.8 Å². The summed E-state index contributed by atoms with van der Waals surface area (Å²) in [5, 5.41) is 0. The third-order valence-corrected chi connectivity index (χ3v) is 5.07. The van der Waals surface area contributed by atoms with E-state index in [-0.39, 0.29) is 17.6 Å². The molecule has 0 aromatic heterocycles. The van der Waals surface area contributed by atoms with Crippen LogP contribution < -0.4 is 0 Å². The maximum Gasteiger partial charge on any atom is 0.277 e. The number of rotatable bonds is 5. The molecule has 0 aliphatic carbocycles. The molecule has 5 nitrogen and oxygen atoms in total. The number of morpholine rings is 1. The van der Waals surface area contributed by atoms with Crippen molar-refractivity contribution < 1.29 is 18.7 Å². The number of hydrogen-bond donors (Lipinski definition) is 0. The molecular weight excluding hydrogens is 359 g/mol. The summed E-state index contributed by atoms with van der Waals surface area (Å²) in [4.78, 5) is 29.6. The highest BCUT2D eigenvalue weighted by molar-refractivity contribution is 6.35. The molecule has 0 bridgehead atoms. The normalized spacial score (nSPS) is 17.6. The molecule has 2 aliphatic rings. The van der Waals surface area contributed by atoms with E-state index in [1.165, 1.54) is 17.0 Å². The van der Waals surface area contributed by atoms with Gasteiger partial charge in [0.15, 0.2) is 0 Å². The van der Waals surface area contributed by atoms with Crippen molar-refractivity contribution in [1.82, 2.24) is 9.80 Å². The quantitative estimate of drug-likeness (QED) is 0.748. The van der Waals surface area contributed by atoms with Gasteiger partial charge in [-0.25, -0.2) is 4.39 Å². The van der Waals surface area contributed by atoms with Crippen LogP contribution in [-0.4, -0.2) is 54.5 Å². The first-order chi connectivity index (χ1) is 13.6. The summed E-state index contributed by atoms with van der Waals surface area (Å²) in [7, 11) is 0. The lowest BCUT2D eigenvalue weighted by molar-refractivity contribution is -0.137. The van der Waals surface area contributed by atoms with Crippen LogP contribution in [0.4, 0.5) is 4.39 Å². The number of carbonyl (C=O) groups excluding carboxylic acids is 2. The number of benzene rings is 2. The van der Waals surface area contributed by atoms with E-state index in [2.05, 4.69) is 0 Å². The van der Waals surface area contributed by atoms with Crippen molar-refractivity contribution >= 4 is 17.4 Å². The highest BCUT2D eigenvalue weighted by Gasteiger charge is 2.41. The van der Waals surface area contributed by atoms with Gasteiger partial charge >= 0.3 is 0 Å². The highest BCUT2D eigenvalue weighted by Crippen LogP contribution is 2.32. The van der Waals surface area contributed by atoms with Crippen molar-refractivity contribution in [1.29, 1.82) is 0 Å². The molecule has 1 fully saturated rings. The van der Waals surface area contributed by atoms with Crippen molar-refractivity contribution in [3.63, 3.8) is 0 Å². The first kappa shape index (κ1) is 18.4. The second-order valence-electron chi connectivity index (χ2n) is 6.83. The summed E-state index contributed by atoms with van der Waals surface area (Å²) < 4.78 is 18.8. The molecule has 4 rings (SSSR count). The predicted molar refractivity (Wildman–Crippen MR) is 103 cm³/mol. The third kappa shape index (κ3) is 3.55. The molecule has 2 aromatic rings. The Balaban J connectivity index is 1.65. The van der Waals surface area contributed by atoms with E-state index in [9.17, 15) is 14.0 Å². The maximum absolute atomic E-state index is 13.4. The first-order valence-corrected chi connectivity index (χ1v) is 9.38. The molecule has 0 spiro atoms. The van der Waals surface area contributed by atoms with Gasteiger partial charge in [-0.2, -0.15) is 0 Å². The molecular formula is C22H21FN2O3. The summed E-state index contributed by atoms with van der Waals surface area (Å²) in [6.45, 7) is 2.41. The van der Waals surface area contributed by atoms with Gasteiger partial charge < -0.3 is 9.64 Å². The SMILES string of the molecule is O=C1C(c2ccc(F)cc2)=C(N2CCOCC2)C(=O)N1CCc1ccccc1. The lowest BCUT2D eigenvalue weighted by Gasteiger charge is -2.29. The fourth-order valence-electron chi connectivity index (χ4n) is 3.61. The van der Waals surface area contributed by atoms with E-state index < -0.39 is 0 Å². The van der Waals surface area contributed by atoms with Gasteiger partial charge in [0.25, 0.3) is 11.8 Å². The largest absolute Gasteiger partial charge is 0.378 e. The van der Waals surface area contributed by atoms with Crippen molar-refractivity contribution in [3.05, 3.63) is 77.2 Å². The summed E-state index contributed by atoms with van der Waals surface area (Å²) in [6.07, 6.45) is 0.589. The topological polar surface area (TPSA) is 49.9 Å². The van der Waals surface area contributed by atoms with Gasteiger partial charge in [-0.3, -0.25) is 14.5 Å². The van der Waals surface area contributed by atoms with Crippen molar-refractivity contribution in [2.24, 2.45) is 0 Å². The molecule has 28 heavy (non-hydrogen) atoms. The molecule has 0 unspecified atom stereocenters. The number of nitrogens with zero attached hydrogens (tertiary/aromatic N) is 2. The maximum atomic E-state index is 13.4. The van der Waals surface area contributed by atoms with Crippen LogP contribution in [-0.2, 0) is 20.7 Å². The Morgan fingerprint density at radius 3 is 2.25 bits per heavy atom. The zero-order chi connectivity index (χ0) is 19.5. The molecule has 0 saturated carbocycles. The van der Waals surface area contributed by atoms with E-state index in [0.29, 0.717) is 56.1 Å². The lowest BCUT2D eigenvalue weighted by Crippen LogP contribution is -2.40. The molecule has 2 amide bonds. The van der Waals surface area contributed by atoms with E-state index in [1.54, 1.807) is 12.1 Å². The summed E-state index contributed by atoms with van der Waals surface area (Å²) >= 11 is 0. The third-order valence-electron chi connectivity index (χ3n) is 5.07. The van der Waals surface area contributed by atoms with E-state index >= 15 is 0 Å². The number of hydrogen-bond acceptors (Lipinski definition) is 4. The van der Waals surface area contributed by atoms with Gasteiger partial charge in [0.2, 0.25) is 0 Å². The average molecular weight is 380 g/mol. The summed E-state index contributed by atoms with van der Waals surface area (Å²) in [6, 6.07) is 15.5. The Morgan fingerprint density at radius 2 is 1.57 bits per heavy atom. The predicted octanol–water partition coefficient (Wildman–Crippen LogP) is 2.48. The Kier molecular flexibility index (Phi) is 5.21. The first-order valence-electron chi connectivity index (χ1n) is 9.38. The summed E-state index contributed by atoms with van der Waals surface area (Å²) in [5.41, 5.74) is 2.36. The fraction of sp³-hybridized carbons (Fsp3) is 0.273. The minimum absolute atomic E-state index is 0.290. The molecule has 0 atom stereocenters. The molecule has 2 aliphatic heterocycles. The molecule has 6 heteroatoms. The van der Waals surface area contributed by atoms with Crippen LogP contribution >= 0.6 is 0 Å². The van der Waals surface area contributed by atoms with Gasteiger partial charge in [-0.15, -0.1) is 0 Å². The zero-order valence-electron chi connectivity index (χ0n) is 15.4. The minimum Gasteiger partial charge on any atom is -0.378 e. The van der Waals surface area contributed by atoms with E-state index in [1.807, 2.05) is 35.2 Å². The van der Waals surface area contributed by atoms with E-state index in [0.717, 1.165) is 5.56 Å². The van der Waals surface area contributed by atoms with Crippen LogP contribution in [0.1, 0.15) is 11.1 Å². The molecule has 2 aromatic carbocycles. The number of amides is 2. The second kappa shape index (κ2) is 7.94. The van der Waals surface area contributed by atoms with Crippen LogP contribution in [0.2, 0.25) is 0 Å². The number of ether oxygens (including phenoxy) is 1. The van der Waals surface area contributed by atoms with E-state index in [4.69, 9.17) is 4.74 Å². The molecule has 144 valence electrons. The van der Waals surface area contributed by atoms with Crippen molar-refractivity contribution in [3.8, 4) is 0 Å². The summed E-state index contributed by atoms with van der Waals surface area (Å²) in [5.74, 6) is -0.994. The van der Waals surface area contributed by atoms with Gasteiger partial charge in [-0.1, -0.05) is 42.5 Å². The smallest absolute Gasteiger partial charge is 0.277 e. The Labute approximate surface area is 163 Å². The highest BCUT2D eigenvalue weighted by atomic mass is 19.1. The van der Waals surface area contributed by atoms with Crippen LogP contribution in [0, 0.1) is 5.82 Å². The average Bonchev–Trinajstić information content (AvgIpc) is 2.98. The lowest BCUT2D eigenvalue weighted by atomic mass is 10.0. The number of imide groups is 1. The Morgan fingerprint density at radius 1 is 0.893 bits per heavy atom. The molecule has 1 saturated heterocycles.